The van der Waals surface area contributed by atoms with Crippen LogP contribution in [0.25, 0.3) is 0 Å². The second kappa shape index (κ2) is 15.4. The predicted octanol–water partition coefficient (Wildman–Crippen LogP) is 0.154. The van der Waals surface area contributed by atoms with Gasteiger partial charge in [-0.1, -0.05) is 6.58 Å². The molecule has 0 saturated heterocycles. The van der Waals surface area contributed by atoms with Crippen molar-refractivity contribution in [2.75, 3.05) is 0 Å². The van der Waals surface area contributed by atoms with Gasteiger partial charge < -0.3 is 20.2 Å². The lowest BCUT2D eigenvalue weighted by Gasteiger charge is -1.74. The summed E-state index contributed by atoms with van der Waals surface area (Å²) in [5, 5.41) is 23.2. The van der Waals surface area contributed by atoms with E-state index >= 15 is 0 Å². The van der Waals surface area contributed by atoms with Crippen molar-refractivity contribution in [1.82, 2.24) is 0 Å². The molecule has 0 saturated carbocycles. The van der Waals surface area contributed by atoms with E-state index in [4.69, 9.17) is 24.8 Å². The standard InChI is InChI=1S/C4H4O4.C3H4O2.HO2P/c5-3(6)1-2-4(7)8;1-2-3(4)5;1-3-2/h1-2H,(H,5,6)(H,7,8);2H,1H2,(H,4,5);(H,1,2)/b2-1-;;. The topological polar surface area (TPSA) is 149 Å². The van der Waals surface area contributed by atoms with E-state index in [1.54, 1.807) is 0 Å². The molecule has 0 aliphatic heterocycles. The van der Waals surface area contributed by atoms with Gasteiger partial charge in [-0.05, 0) is 0 Å². The summed E-state index contributed by atoms with van der Waals surface area (Å²) >= 11 is 0. The number of hydrogen-bond acceptors (Lipinski definition) is 4. The Hall–Kier alpha value is -2.05. The fourth-order valence-corrected chi connectivity index (χ4v) is 0.143. The molecule has 16 heavy (non-hydrogen) atoms. The number of aliphatic carboxylic acids is 3. The molecule has 0 aliphatic carbocycles. The molecule has 0 aliphatic rings. The van der Waals surface area contributed by atoms with Crippen molar-refractivity contribution in [1.29, 1.82) is 0 Å². The molecule has 0 atom stereocenters. The Morgan fingerprint density at radius 3 is 1.19 bits per heavy atom. The molecule has 0 rings (SSSR count). The first-order valence-electron chi connectivity index (χ1n) is 3.27. The molecule has 9 heteroatoms. The van der Waals surface area contributed by atoms with Crippen LogP contribution in [0.2, 0.25) is 0 Å². The van der Waals surface area contributed by atoms with Gasteiger partial charge in [-0.2, -0.15) is 0 Å². The van der Waals surface area contributed by atoms with E-state index in [1.807, 2.05) is 0 Å². The van der Waals surface area contributed by atoms with Crippen LogP contribution in [0, 0.1) is 0 Å². The predicted molar refractivity (Wildman–Crippen MR) is 52.1 cm³/mol. The van der Waals surface area contributed by atoms with E-state index in [2.05, 4.69) is 6.58 Å². The molecular weight excluding hydrogens is 243 g/mol. The summed E-state index contributed by atoms with van der Waals surface area (Å²) in [5.41, 5.74) is 0. The van der Waals surface area contributed by atoms with Crippen LogP contribution in [0.3, 0.4) is 0 Å². The minimum Gasteiger partial charge on any atom is -0.478 e. The Kier molecular flexibility index (Phi) is 18.8. The number of hydrogen-bond donors (Lipinski definition) is 4. The summed E-state index contributed by atoms with van der Waals surface area (Å²) in [6.07, 6.45) is 1.95. The maximum Gasteiger partial charge on any atom is 0.328 e. The minimum absolute atomic E-state index is 0.558. The first-order valence-corrected chi connectivity index (χ1v) is 4.04. The van der Waals surface area contributed by atoms with Crippen molar-refractivity contribution in [3.8, 4) is 0 Å². The Morgan fingerprint density at radius 1 is 0.938 bits per heavy atom. The highest BCUT2D eigenvalue weighted by Gasteiger charge is 1.88. The second-order valence-corrected chi connectivity index (χ2v) is 1.80. The first kappa shape index (κ1) is 19.5. The van der Waals surface area contributed by atoms with Gasteiger partial charge in [0.25, 0.3) is 0 Å². The van der Waals surface area contributed by atoms with Crippen LogP contribution in [0.4, 0.5) is 0 Å². The van der Waals surface area contributed by atoms with Crippen molar-refractivity contribution >= 4 is 26.6 Å². The Bertz CT molecular complexity index is 266. The fourth-order valence-electron chi connectivity index (χ4n) is 0.143. The van der Waals surface area contributed by atoms with Gasteiger partial charge in [-0.3, -0.25) is 0 Å². The molecule has 4 N–H and O–H groups in total. The summed E-state index contributed by atoms with van der Waals surface area (Å²) in [5.74, 6) is -3.50. The maximum absolute atomic E-state index is 9.55. The van der Waals surface area contributed by atoms with Crippen molar-refractivity contribution in [3.63, 3.8) is 0 Å². The highest BCUT2D eigenvalue weighted by Crippen LogP contribution is 1.70. The van der Waals surface area contributed by atoms with Crippen LogP contribution >= 0.6 is 8.69 Å². The highest BCUT2D eigenvalue weighted by molar-refractivity contribution is 7.16. The van der Waals surface area contributed by atoms with E-state index in [9.17, 15) is 14.4 Å². The molecule has 0 aromatic heterocycles. The zero-order chi connectivity index (χ0) is 13.6. The van der Waals surface area contributed by atoms with Gasteiger partial charge in [0.05, 0.1) is 0 Å². The largest absolute Gasteiger partial charge is 0.478 e. The van der Waals surface area contributed by atoms with Gasteiger partial charge in [0, 0.05) is 18.2 Å². The number of carboxylic acid groups (broad SMARTS) is 3. The lowest BCUT2D eigenvalue weighted by Crippen LogP contribution is -1.91. The Morgan fingerprint density at radius 2 is 1.12 bits per heavy atom. The van der Waals surface area contributed by atoms with Crippen molar-refractivity contribution in [3.05, 3.63) is 24.8 Å². The molecule has 0 spiro atoms. The summed E-state index contributed by atoms with van der Waals surface area (Å²) in [6.45, 7) is 2.96. The molecule has 0 radical (unpaired) electrons. The maximum atomic E-state index is 9.55. The zero-order valence-electron chi connectivity index (χ0n) is 7.81. The third kappa shape index (κ3) is 58.5. The number of rotatable bonds is 3. The summed E-state index contributed by atoms with van der Waals surface area (Å²) in [6, 6.07) is 0. The van der Waals surface area contributed by atoms with Gasteiger partial charge in [0.1, 0.15) is 0 Å². The van der Waals surface area contributed by atoms with Crippen LogP contribution in [-0.4, -0.2) is 38.1 Å². The fraction of sp³-hybridized carbons (Fsp3) is 0. The van der Waals surface area contributed by atoms with E-state index in [-0.39, 0.29) is 0 Å². The Labute approximate surface area is 91.4 Å². The normalized spacial score (nSPS) is 8.06. The summed E-state index contributed by atoms with van der Waals surface area (Å²) in [7, 11) is -0.833. The second-order valence-electron chi connectivity index (χ2n) is 1.63. The monoisotopic (exact) mass is 252 g/mol. The number of carbonyl (C=O) groups is 3. The van der Waals surface area contributed by atoms with Gasteiger partial charge in [-0.25, -0.2) is 18.9 Å². The molecule has 0 aromatic carbocycles. The molecule has 0 amide bonds. The van der Waals surface area contributed by atoms with E-state index < -0.39 is 26.6 Å². The van der Waals surface area contributed by atoms with Crippen molar-refractivity contribution < 1.29 is 39.2 Å². The smallest absolute Gasteiger partial charge is 0.328 e. The molecule has 0 fully saturated rings. The average molecular weight is 252 g/mol. The van der Waals surface area contributed by atoms with Crippen LogP contribution in [0.5, 0.6) is 0 Å². The molecule has 0 bridgehead atoms. The molecule has 8 nitrogen and oxygen atoms in total. The van der Waals surface area contributed by atoms with Gasteiger partial charge in [0.15, 0.2) is 0 Å². The van der Waals surface area contributed by atoms with Crippen LogP contribution in [-0.2, 0) is 18.9 Å². The number of carboxylic acids is 3. The zero-order valence-corrected chi connectivity index (χ0v) is 8.70. The van der Waals surface area contributed by atoms with Crippen LogP contribution in [0.1, 0.15) is 0 Å². The lowest BCUT2D eigenvalue weighted by atomic mass is 10.5. The summed E-state index contributed by atoms with van der Waals surface area (Å²) < 4.78 is 8.46. The van der Waals surface area contributed by atoms with Crippen LogP contribution < -0.4 is 0 Å². The van der Waals surface area contributed by atoms with Crippen molar-refractivity contribution in [2.24, 2.45) is 0 Å². The SMILES string of the molecule is C=CC(=O)O.O=C(O)/C=C\C(=O)O.O=PO. The molecular formula is C7H9O8P. The van der Waals surface area contributed by atoms with E-state index in [0.717, 1.165) is 6.08 Å². The highest BCUT2D eigenvalue weighted by atomic mass is 31.1. The van der Waals surface area contributed by atoms with Gasteiger partial charge in [0.2, 0.25) is 0 Å². The Balaban J connectivity index is -0.000000181. The first-order chi connectivity index (χ1) is 7.31. The average Bonchev–Trinajstić information content (AvgIpc) is 2.17. The third-order valence-electron chi connectivity index (χ3n) is 0.543. The van der Waals surface area contributed by atoms with Crippen molar-refractivity contribution in [2.45, 2.75) is 0 Å². The minimum atomic E-state index is -1.26. The third-order valence-corrected chi connectivity index (χ3v) is 0.543. The van der Waals surface area contributed by atoms with Gasteiger partial charge >= 0.3 is 26.6 Å². The van der Waals surface area contributed by atoms with E-state index in [1.165, 1.54) is 0 Å². The summed E-state index contributed by atoms with van der Waals surface area (Å²) in [4.78, 5) is 35.3. The van der Waals surface area contributed by atoms with Gasteiger partial charge in [-0.15, -0.1) is 0 Å². The molecule has 0 unspecified atom stereocenters. The molecule has 0 heterocycles. The quantitative estimate of drug-likeness (QED) is 0.409. The lowest BCUT2D eigenvalue weighted by molar-refractivity contribution is -0.134. The molecule has 90 valence electrons. The van der Waals surface area contributed by atoms with Crippen LogP contribution in [0.15, 0.2) is 24.8 Å². The van der Waals surface area contributed by atoms with E-state index in [0.29, 0.717) is 12.2 Å². The molecule has 0 aromatic rings.